The van der Waals surface area contributed by atoms with E-state index in [-0.39, 0.29) is 22.6 Å². The maximum absolute atomic E-state index is 11.1. The third-order valence-electron chi connectivity index (χ3n) is 1.77. The van der Waals surface area contributed by atoms with Crippen LogP contribution in [-0.2, 0) is 0 Å². The quantitative estimate of drug-likeness (QED) is 0.838. The third-order valence-corrected chi connectivity index (χ3v) is 2.11. The number of nitrogens with one attached hydrogen (secondary N) is 1. The number of halogens is 1. The Labute approximate surface area is 87.3 Å². The van der Waals surface area contributed by atoms with Gasteiger partial charge in [0, 0.05) is 0 Å². The van der Waals surface area contributed by atoms with E-state index in [1.54, 1.807) is 0 Å². The van der Waals surface area contributed by atoms with Gasteiger partial charge in [-0.2, -0.15) is 0 Å². The molecule has 1 aromatic heterocycles. The Morgan fingerprint density at radius 2 is 2.43 bits per heavy atom. The van der Waals surface area contributed by atoms with E-state index in [1.807, 2.05) is 6.92 Å². The van der Waals surface area contributed by atoms with Crippen molar-refractivity contribution in [1.29, 1.82) is 0 Å². The minimum atomic E-state index is -0.375. The Morgan fingerprint density at radius 1 is 1.71 bits per heavy atom. The van der Waals surface area contributed by atoms with Gasteiger partial charge in [0.15, 0.2) is 5.02 Å². The first-order chi connectivity index (χ1) is 6.65. The molecule has 1 atom stereocenters. The summed E-state index contributed by atoms with van der Waals surface area (Å²) in [4.78, 5) is 17.3. The van der Waals surface area contributed by atoms with Crippen LogP contribution in [0, 0.1) is 0 Å². The van der Waals surface area contributed by atoms with E-state index in [2.05, 4.69) is 16.9 Å². The standard InChI is InChI=1S/C9H13ClN2O2/c1-3-4-6(2)14-9-7(10)8(13)11-5-12-9/h5-6H,3-4H2,1-2H3,(H,11,12,13). The van der Waals surface area contributed by atoms with Gasteiger partial charge < -0.3 is 9.72 Å². The van der Waals surface area contributed by atoms with Gasteiger partial charge in [-0.25, -0.2) is 4.98 Å². The van der Waals surface area contributed by atoms with E-state index >= 15 is 0 Å². The molecule has 0 saturated carbocycles. The van der Waals surface area contributed by atoms with E-state index in [0.717, 1.165) is 12.8 Å². The van der Waals surface area contributed by atoms with E-state index in [1.165, 1.54) is 6.33 Å². The summed E-state index contributed by atoms with van der Waals surface area (Å²) < 4.78 is 5.40. The summed E-state index contributed by atoms with van der Waals surface area (Å²) in [7, 11) is 0. The topological polar surface area (TPSA) is 55.0 Å². The van der Waals surface area contributed by atoms with E-state index in [4.69, 9.17) is 16.3 Å². The van der Waals surface area contributed by atoms with E-state index < -0.39 is 0 Å². The highest BCUT2D eigenvalue weighted by molar-refractivity contribution is 6.31. The molecule has 78 valence electrons. The molecule has 14 heavy (non-hydrogen) atoms. The van der Waals surface area contributed by atoms with Crippen molar-refractivity contribution in [3.8, 4) is 5.88 Å². The highest BCUT2D eigenvalue weighted by atomic mass is 35.5. The Kier molecular flexibility index (Phi) is 3.95. The fraction of sp³-hybridized carbons (Fsp3) is 0.556. The number of rotatable bonds is 4. The molecule has 0 spiro atoms. The molecular weight excluding hydrogens is 204 g/mol. The Hall–Kier alpha value is -1.03. The molecular formula is C9H13ClN2O2. The van der Waals surface area contributed by atoms with Crippen LogP contribution in [-0.4, -0.2) is 16.1 Å². The second-order valence-electron chi connectivity index (χ2n) is 3.07. The molecule has 0 radical (unpaired) electrons. The minimum Gasteiger partial charge on any atom is -0.473 e. The first-order valence-corrected chi connectivity index (χ1v) is 4.92. The Morgan fingerprint density at radius 3 is 3.07 bits per heavy atom. The predicted molar refractivity (Wildman–Crippen MR) is 54.9 cm³/mol. The fourth-order valence-electron chi connectivity index (χ4n) is 1.10. The normalized spacial score (nSPS) is 12.5. The molecule has 0 aliphatic rings. The van der Waals surface area contributed by atoms with Gasteiger partial charge in [-0.15, -0.1) is 0 Å². The maximum Gasteiger partial charge on any atom is 0.273 e. The minimum absolute atomic E-state index is 0.00968. The zero-order valence-electron chi connectivity index (χ0n) is 8.21. The van der Waals surface area contributed by atoms with Gasteiger partial charge in [0.1, 0.15) is 0 Å². The lowest BCUT2D eigenvalue weighted by molar-refractivity contribution is 0.201. The molecule has 1 aromatic rings. The molecule has 0 fully saturated rings. The van der Waals surface area contributed by atoms with E-state index in [0.29, 0.717) is 0 Å². The van der Waals surface area contributed by atoms with Crippen molar-refractivity contribution in [2.45, 2.75) is 32.8 Å². The number of hydrogen-bond acceptors (Lipinski definition) is 3. The summed E-state index contributed by atoms with van der Waals surface area (Å²) >= 11 is 5.71. The highest BCUT2D eigenvalue weighted by Gasteiger charge is 2.10. The van der Waals surface area contributed by atoms with Crippen LogP contribution in [0.5, 0.6) is 5.88 Å². The van der Waals surface area contributed by atoms with Gasteiger partial charge in [-0.05, 0) is 13.3 Å². The first kappa shape index (κ1) is 11.0. The fourth-order valence-corrected chi connectivity index (χ4v) is 1.25. The predicted octanol–water partition coefficient (Wildman–Crippen LogP) is 1.99. The van der Waals surface area contributed by atoms with Gasteiger partial charge in [0.2, 0.25) is 5.88 Å². The number of aromatic nitrogens is 2. The molecule has 4 nitrogen and oxygen atoms in total. The van der Waals surface area contributed by atoms with Crippen LogP contribution in [0.15, 0.2) is 11.1 Å². The van der Waals surface area contributed by atoms with Gasteiger partial charge in [0.05, 0.1) is 12.4 Å². The van der Waals surface area contributed by atoms with Crippen molar-refractivity contribution >= 4 is 11.6 Å². The zero-order valence-corrected chi connectivity index (χ0v) is 8.97. The number of hydrogen-bond donors (Lipinski definition) is 1. The molecule has 5 heteroatoms. The van der Waals surface area contributed by atoms with Crippen LogP contribution in [0.3, 0.4) is 0 Å². The first-order valence-electron chi connectivity index (χ1n) is 4.55. The number of aromatic amines is 1. The second-order valence-corrected chi connectivity index (χ2v) is 3.45. The summed E-state index contributed by atoms with van der Waals surface area (Å²) in [6, 6.07) is 0. The van der Waals surface area contributed by atoms with Gasteiger partial charge in [0.25, 0.3) is 5.56 Å². The van der Waals surface area contributed by atoms with Crippen LogP contribution in [0.25, 0.3) is 0 Å². The Balaban J connectivity index is 2.76. The summed E-state index contributed by atoms with van der Waals surface area (Å²) in [5.74, 6) is 0.205. The van der Waals surface area contributed by atoms with Crippen molar-refractivity contribution in [3.05, 3.63) is 21.7 Å². The molecule has 1 N–H and O–H groups in total. The largest absolute Gasteiger partial charge is 0.473 e. The monoisotopic (exact) mass is 216 g/mol. The van der Waals surface area contributed by atoms with E-state index in [9.17, 15) is 4.79 Å². The average Bonchev–Trinajstić information content (AvgIpc) is 2.13. The molecule has 0 aromatic carbocycles. The summed E-state index contributed by atoms with van der Waals surface area (Å²) in [5, 5.41) is 0.00968. The average molecular weight is 217 g/mol. The van der Waals surface area contributed by atoms with Crippen LogP contribution in [0.4, 0.5) is 0 Å². The molecule has 1 unspecified atom stereocenters. The van der Waals surface area contributed by atoms with Gasteiger partial charge in [-0.3, -0.25) is 4.79 Å². The SMILES string of the molecule is CCCC(C)Oc1nc[nH]c(=O)c1Cl. The smallest absolute Gasteiger partial charge is 0.273 e. The van der Waals surface area contributed by atoms with Crippen molar-refractivity contribution < 1.29 is 4.74 Å². The summed E-state index contributed by atoms with van der Waals surface area (Å²) in [6.45, 7) is 3.98. The van der Waals surface area contributed by atoms with Crippen LogP contribution < -0.4 is 10.3 Å². The van der Waals surface area contributed by atoms with Crippen LogP contribution >= 0.6 is 11.6 Å². The maximum atomic E-state index is 11.1. The molecule has 1 rings (SSSR count). The molecule has 0 saturated heterocycles. The lowest BCUT2D eigenvalue weighted by Gasteiger charge is -2.12. The molecule has 0 aliphatic carbocycles. The number of H-pyrrole nitrogens is 1. The molecule has 0 amide bonds. The number of ether oxygens (including phenoxy) is 1. The van der Waals surface area contributed by atoms with Crippen LogP contribution in [0.1, 0.15) is 26.7 Å². The van der Waals surface area contributed by atoms with Crippen molar-refractivity contribution in [2.75, 3.05) is 0 Å². The van der Waals surface area contributed by atoms with Gasteiger partial charge in [-0.1, -0.05) is 24.9 Å². The summed E-state index contributed by atoms with van der Waals surface area (Å²) in [5.41, 5.74) is -0.375. The van der Waals surface area contributed by atoms with Crippen molar-refractivity contribution in [1.82, 2.24) is 9.97 Å². The lowest BCUT2D eigenvalue weighted by Crippen LogP contribution is -2.16. The van der Waals surface area contributed by atoms with Gasteiger partial charge >= 0.3 is 0 Å². The number of nitrogens with zero attached hydrogens (tertiary/aromatic N) is 1. The lowest BCUT2D eigenvalue weighted by atomic mass is 10.2. The molecule has 0 aliphatic heterocycles. The zero-order chi connectivity index (χ0) is 10.6. The molecule has 0 bridgehead atoms. The Bertz CT molecular complexity index is 351. The second kappa shape index (κ2) is 5.00. The van der Waals surface area contributed by atoms with Crippen molar-refractivity contribution in [2.24, 2.45) is 0 Å². The highest BCUT2D eigenvalue weighted by Crippen LogP contribution is 2.17. The molecule has 1 heterocycles. The third kappa shape index (κ3) is 2.73. The van der Waals surface area contributed by atoms with Crippen molar-refractivity contribution in [3.63, 3.8) is 0 Å². The van der Waals surface area contributed by atoms with Crippen LogP contribution in [0.2, 0.25) is 5.02 Å². The summed E-state index contributed by atoms with van der Waals surface area (Å²) in [6.07, 6.45) is 3.22.